The lowest BCUT2D eigenvalue weighted by Crippen LogP contribution is -2.54. The Balaban J connectivity index is 0.890. The lowest BCUT2D eigenvalue weighted by atomic mass is 9.79. The number of carbonyl (C=O) groups excluding carboxylic acids is 2. The van der Waals surface area contributed by atoms with Crippen molar-refractivity contribution in [3.63, 3.8) is 0 Å². The van der Waals surface area contributed by atoms with E-state index in [9.17, 15) is 24.3 Å². The van der Waals surface area contributed by atoms with Gasteiger partial charge in [-0.3, -0.25) is 29.0 Å². The SMILES string of the molecule is O=C(O)CCCCCCCCCCCC(CN1C(=O)CCc2ccc(OCCCCN3CCN(c4cccc(Cl)c4Cl)CC3)cc21)(CN1C(=O)CCc2ccc(OCCCCN3CCN(c4cccc(Cl)c4Cl)CC3)cc21)C(=O)O. The third kappa shape index (κ3) is 16.8. The second-order valence-corrected chi connectivity index (χ2v) is 23.7. The van der Waals surface area contributed by atoms with Crippen LogP contribution < -0.4 is 29.1 Å². The number of nitrogens with zero attached hydrogens (tertiary/aromatic N) is 6. The second kappa shape index (κ2) is 30.4. The van der Waals surface area contributed by atoms with Gasteiger partial charge in [-0.05, 0) is 112 Å². The van der Waals surface area contributed by atoms with E-state index in [-0.39, 0.29) is 50.6 Å². The number of halogens is 4. The summed E-state index contributed by atoms with van der Waals surface area (Å²) in [6.45, 7) is 9.87. The first-order valence-corrected chi connectivity index (χ1v) is 30.7. The fourth-order valence-corrected chi connectivity index (χ4v) is 12.6. The number of carboxylic acids is 2. The first kappa shape index (κ1) is 61.1. The van der Waals surface area contributed by atoms with Crippen molar-refractivity contribution in [2.75, 3.05) is 111 Å². The van der Waals surface area contributed by atoms with E-state index >= 15 is 0 Å². The number of benzene rings is 4. The molecule has 434 valence electrons. The summed E-state index contributed by atoms with van der Waals surface area (Å²) in [6, 6.07) is 23.2. The molecule has 0 aromatic heterocycles. The predicted molar refractivity (Wildman–Crippen MR) is 322 cm³/mol. The van der Waals surface area contributed by atoms with Crippen LogP contribution in [0.1, 0.15) is 120 Å². The van der Waals surface area contributed by atoms with Crippen LogP contribution >= 0.6 is 46.4 Å². The van der Waals surface area contributed by atoms with Crippen LogP contribution in [0.2, 0.25) is 20.1 Å². The summed E-state index contributed by atoms with van der Waals surface area (Å²) in [7, 11) is 0. The number of fused-ring (bicyclic) bond motifs is 2. The van der Waals surface area contributed by atoms with E-state index in [0.29, 0.717) is 81.9 Å². The Bertz CT molecular complexity index is 2560. The Morgan fingerprint density at radius 3 is 1.34 bits per heavy atom. The number of ether oxygens (including phenoxy) is 2. The van der Waals surface area contributed by atoms with Crippen molar-refractivity contribution in [3.05, 3.63) is 104 Å². The summed E-state index contributed by atoms with van der Waals surface area (Å²) in [5.41, 5.74) is 3.69. The third-order valence-corrected chi connectivity index (χ3v) is 18.1. The predicted octanol–water partition coefficient (Wildman–Crippen LogP) is 13.0. The fraction of sp³-hybridized carbons (Fsp3) is 0.548. The molecule has 80 heavy (non-hydrogen) atoms. The largest absolute Gasteiger partial charge is 0.494 e. The molecule has 4 aliphatic rings. The van der Waals surface area contributed by atoms with Gasteiger partial charge in [0, 0.05) is 96.8 Å². The molecule has 2 saturated heterocycles. The molecule has 0 spiro atoms. The van der Waals surface area contributed by atoms with Crippen molar-refractivity contribution in [2.24, 2.45) is 5.41 Å². The van der Waals surface area contributed by atoms with E-state index in [1.807, 2.05) is 72.8 Å². The minimum Gasteiger partial charge on any atom is -0.494 e. The third-order valence-electron chi connectivity index (χ3n) is 16.5. The van der Waals surface area contributed by atoms with Gasteiger partial charge in [-0.1, -0.05) is 122 Å². The van der Waals surface area contributed by atoms with Crippen molar-refractivity contribution >= 4 is 92.9 Å². The van der Waals surface area contributed by atoms with Gasteiger partial charge in [0.05, 0.1) is 56.1 Å². The molecule has 4 aromatic carbocycles. The number of hydrogen-bond donors (Lipinski definition) is 2. The summed E-state index contributed by atoms with van der Waals surface area (Å²) >= 11 is 25.6. The fourth-order valence-electron chi connectivity index (χ4n) is 11.7. The summed E-state index contributed by atoms with van der Waals surface area (Å²) in [5.74, 6) is -0.832. The average Bonchev–Trinajstić information content (AvgIpc) is 3.54. The monoisotopic (exact) mass is 1180 g/mol. The maximum atomic E-state index is 14.2. The van der Waals surface area contributed by atoms with Crippen LogP contribution in [0.25, 0.3) is 0 Å². The minimum absolute atomic E-state index is 0.0938. The summed E-state index contributed by atoms with van der Waals surface area (Å²) in [4.78, 5) is 66.2. The van der Waals surface area contributed by atoms with Crippen LogP contribution in [0, 0.1) is 5.41 Å². The summed E-state index contributed by atoms with van der Waals surface area (Å²) in [6.07, 6.45) is 13.6. The van der Waals surface area contributed by atoms with Gasteiger partial charge in [0.15, 0.2) is 0 Å². The van der Waals surface area contributed by atoms with Gasteiger partial charge < -0.3 is 39.3 Å². The van der Waals surface area contributed by atoms with Crippen LogP contribution in [-0.4, -0.2) is 136 Å². The zero-order chi connectivity index (χ0) is 56.4. The van der Waals surface area contributed by atoms with E-state index < -0.39 is 17.4 Å². The van der Waals surface area contributed by atoms with E-state index in [1.54, 1.807) is 9.80 Å². The highest BCUT2D eigenvalue weighted by atomic mass is 35.5. The molecule has 2 N–H and O–H groups in total. The molecular formula is C62H80Cl4N6O8. The van der Waals surface area contributed by atoms with Crippen LogP contribution in [0.15, 0.2) is 72.8 Å². The van der Waals surface area contributed by atoms with Crippen LogP contribution in [0.5, 0.6) is 11.5 Å². The molecule has 18 heteroatoms. The molecule has 4 heterocycles. The van der Waals surface area contributed by atoms with Crippen molar-refractivity contribution < 1.29 is 38.9 Å². The van der Waals surface area contributed by atoms with Gasteiger partial charge in [0.25, 0.3) is 0 Å². The Morgan fingerprint density at radius 2 is 0.912 bits per heavy atom. The molecule has 0 unspecified atom stereocenters. The quantitative estimate of drug-likeness (QED) is 0.0462. The molecule has 0 radical (unpaired) electrons. The number of anilines is 4. The van der Waals surface area contributed by atoms with Gasteiger partial charge in [0.1, 0.15) is 16.9 Å². The lowest BCUT2D eigenvalue weighted by Gasteiger charge is -2.42. The number of carboxylic acid groups (broad SMARTS) is 2. The molecule has 0 atom stereocenters. The van der Waals surface area contributed by atoms with E-state index in [0.717, 1.165) is 159 Å². The lowest BCUT2D eigenvalue weighted by molar-refractivity contribution is -0.148. The molecule has 0 aliphatic carbocycles. The highest BCUT2D eigenvalue weighted by molar-refractivity contribution is 6.44. The number of amides is 2. The summed E-state index contributed by atoms with van der Waals surface area (Å²) in [5, 5.41) is 22.8. The van der Waals surface area contributed by atoms with E-state index in [1.165, 1.54) is 0 Å². The first-order chi connectivity index (χ1) is 38.8. The molecule has 4 aliphatic heterocycles. The number of aliphatic carboxylic acids is 2. The van der Waals surface area contributed by atoms with Gasteiger partial charge in [0.2, 0.25) is 11.8 Å². The van der Waals surface area contributed by atoms with Crippen molar-refractivity contribution in [1.29, 1.82) is 0 Å². The Labute approximate surface area is 493 Å². The van der Waals surface area contributed by atoms with E-state index in [4.69, 9.17) is 61.0 Å². The zero-order valence-corrected chi connectivity index (χ0v) is 49.3. The molecular weight excluding hydrogens is 1100 g/mol. The van der Waals surface area contributed by atoms with Crippen molar-refractivity contribution in [1.82, 2.24) is 9.80 Å². The standard InChI is InChI=1S/C62H80Cl4N6O8/c63-50-16-14-18-52(59(50)65)69-36-32-67(33-37-69)30-10-12-40-79-48-25-21-46-23-27-56(73)71(54(46)42-48)44-62(61(77)78,29-9-7-5-3-1-2-4-6-8-20-58(75)76)45-72-55-43-49(26-22-47(55)24-28-57(72)74)80-41-13-11-31-68-34-38-70(39-35-68)53-19-15-17-51(64)60(53)66/h14-19,21-22,25-26,42-43H,1-13,20,23-24,27-41,44-45H2,(H,75,76)(H,77,78). The van der Waals surface area contributed by atoms with Crippen molar-refractivity contribution in [2.45, 2.75) is 122 Å². The second-order valence-electron chi connectivity index (χ2n) is 22.1. The van der Waals surface area contributed by atoms with Crippen LogP contribution in [0.4, 0.5) is 22.7 Å². The smallest absolute Gasteiger partial charge is 0.313 e. The first-order valence-electron chi connectivity index (χ1n) is 29.2. The molecule has 2 fully saturated rings. The van der Waals surface area contributed by atoms with Crippen molar-refractivity contribution in [3.8, 4) is 11.5 Å². The highest BCUT2D eigenvalue weighted by Crippen LogP contribution is 2.41. The maximum absolute atomic E-state index is 14.2. The Morgan fingerprint density at radius 1 is 0.487 bits per heavy atom. The zero-order valence-electron chi connectivity index (χ0n) is 46.3. The number of rotatable bonds is 31. The van der Waals surface area contributed by atoms with Crippen LogP contribution in [0.3, 0.4) is 0 Å². The van der Waals surface area contributed by atoms with E-state index in [2.05, 4.69) is 19.6 Å². The molecule has 0 saturated carbocycles. The van der Waals surface area contributed by atoms with Gasteiger partial charge in [-0.25, -0.2) is 0 Å². The molecule has 0 bridgehead atoms. The number of piperazine rings is 2. The number of carbonyl (C=O) groups is 4. The normalized spacial score (nSPS) is 16.2. The van der Waals surface area contributed by atoms with Gasteiger partial charge in [-0.15, -0.1) is 0 Å². The maximum Gasteiger partial charge on any atom is 0.313 e. The topological polar surface area (TPSA) is 147 Å². The number of aryl methyl sites for hydroxylation is 2. The molecule has 4 aromatic rings. The van der Waals surface area contributed by atoms with Gasteiger partial charge in [-0.2, -0.15) is 0 Å². The molecule has 14 nitrogen and oxygen atoms in total. The highest BCUT2D eigenvalue weighted by Gasteiger charge is 2.46. The van der Waals surface area contributed by atoms with Gasteiger partial charge >= 0.3 is 11.9 Å². The average molecular weight is 1180 g/mol. The molecule has 8 rings (SSSR count). The molecule has 2 amide bonds. The Hall–Kier alpha value is -4.96. The minimum atomic E-state index is -1.50. The van der Waals surface area contributed by atoms with Crippen LogP contribution in [-0.2, 0) is 32.0 Å². The summed E-state index contributed by atoms with van der Waals surface area (Å²) < 4.78 is 12.7. The Kier molecular flexibility index (Phi) is 23.2. The number of hydrogen-bond acceptors (Lipinski definition) is 10. The number of unbranched alkanes of at least 4 members (excludes halogenated alkanes) is 10.